The largest absolute Gasteiger partial charge is 0.0654 e. The van der Waals surface area contributed by atoms with Crippen LogP contribution >= 0.6 is 0 Å². The molecule has 2 atom stereocenters. The molecule has 0 heterocycles. The van der Waals surface area contributed by atoms with Crippen LogP contribution in [-0.2, 0) is 0 Å². The van der Waals surface area contributed by atoms with Crippen LogP contribution in [0, 0.1) is 18.8 Å². The van der Waals surface area contributed by atoms with Crippen LogP contribution < -0.4 is 0 Å². The van der Waals surface area contributed by atoms with E-state index in [1.807, 2.05) is 0 Å². The summed E-state index contributed by atoms with van der Waals surface area (Å²) in [6, 6.07) is 0. The van der Waals surface area contributed by atoms with Crippen LogP contribution in [0.2, 0.25) is 0 Å². The zero-order valence-electron chi connectivity index (χ0n) is 9.23. The van der Waals surface area contributed by atoms with Gasteiger partial charge < -0.3 is 0 Å². The van der Waals surface area contributed by atoms with E-state index in [0.29, 0.717) is 0 Å². The van der Waals surface area contributed by atoms with Crippen molar-refractivity contribution in [3.8, 4) is 0 Å². The average Bonchev–Trinajstić information content (AvgIpc) is 2.15. The Morgan fingerprint density at radius 3 is 2.54 bits per heavy atom. The first-order valence-corrected chi connectivity index (χ1v) is 6.17. The maximum atomic E-state index is 4.28. The Morgan fingerprint density at radius 1 is 1.08 bits per heavy atom. The Morgan fingerprint density at radius 2 is 1.85 bits per heavy atom. The molecule has 0 spiro atoms. The average molecular weight is 181 g/mol. The number of unbranched alkanes of at least 4 members (excludes halogenated alkanes) is 3. The Kier molecular flexibility index (Phi) is 5.50. The van der Waals surface area contributed by atoms with Crippen molar-refractivity contribution < 1.29 is 0 Å². The predicted molar refractivity (Wildman–Crippen MR) is 59.6 cm³/mol. The second kappa shape index (κ2) is 6.45. The summed E-state index contributed by atoms with van der Waals surface area (Å²) in [5, 5.41) is 0. The van der Waals surface area contributed by atoms with Crippen LogP contribution in [0.3, 0.4) is 0 Å². The summed E-state index contributed by atoms with van der Waals surface area (Å²) in [4.78, 5) is 0. The van der Waals surface area contributed by atoms with Gasteiger partial charge in [-0.1, -0.05) is 64.7 Å². The van der Waals surface area contributed by atoms with Gasteiger partial charge in [0.15, 0.2) is 0 Å². The fourth-order valence-corrected chi connectivity index (χ4v) is 2.50. The molecule has 13 heavy (non-hydrogen) atoms. The van der Waals surface area contributed by atoms with Crippen molar-refractivity contribution in [1.29, 1.82) is 0 Å². The van der Waals surface area contributed by atoms with Gasteiger partial charge in [-0.15, -0.1) is 0 Å². The smallest absolute Gasteiger partial charge is 0.0386 e. The van der Waals surface area contributed by atoms with Gasteiger partial charge >= 0.3 is 0 Å². The van der Waals surface area contributed by atoms with Crippen LogP contribution in [0.1, 0.15) is 64.7 Å². The fourth-order valence-electron chi connectivity index (χ4n) is 2.50. The molecule has 0 amide bonds. The van der Waals surface area contributed by atoms with Crippen LogP contribution in [0.5, 0.6) is 0 Å². The summed E-state index contributed by atoms with van der Waals surface area (Å²) >= 11 is 0. The Labute approximate surface area is 84.1 Å². The van der Waals surface area contributed by atoms with E-state index in [1.165, 1.54) is 57.8 Å². The van der Waals surface area contributed by atoms with Crippen molar-refractivity contribution in [1.82, 2.24) is 0 Å². The molecule has 2 unspecified atom stereocenters. The lowest BCUT2D eigenvalue weighted by molar-refractivity contribution is 0.259. The lowest BCUT2D eigenvalue weighted by atomic mass is 9.78. The van der Waals surface area contributed by atoms with E-state index in [1.54, 1.807) is 0 Å². The fraction of sp³-hybridized carbons (Fsp3) is 0.923. The first-order chi connectivity index (χ1) is 6.34. The van der Waals surface area contributed by atoms with Gasteiger partial charge in [-0.25, -0.2) is 0 Å². The Bertz CT molecular complexity index is 117. The third kappa shape index (κ3) is 4.15. The molecule has 0 N–H and O–H groups in total. The van der Waals surface area contributed by atoms with E-state index in [4.69, 9.17) is 0 Å². The van der Waals surface area contributed by atoms with Crippen LogP contribution in [-0.4, -0.2) is 0 Å². The van der Waals surface area contributed by atoms with E-state index in [2.05, 4.69) is 13.8 Å². The first-order valence-electron chi connectivity index (χ1n) is 6.17. The molecule has 0 aliphatic heterocycles. The first kappa shape index (κ1) is 11.1. The van der Waals surface area contributed by atoms with Crippen molar-refractivity contribution in [3.05, 3.63) is 6.92 Å². The van der Waals surface area contributed by atoms with E-state index in [0.717, 1.165) is 11.8 Å². The van der Waals surface area contributed by atoms with Gasteiger partial charge in [-0.3, -0.25) is 0 Å². The van der Waals surface area contributed by atoms with Crippen molar-refractivity contribution in [3.63, 3.8) is 0 Å². The second-order valence-corrected chi connectivity index (χ2v) is 4.65. The topological polar surface area (TPSA) is 0 Å². The molecule has 1 rings (SSSR count). The molecular formula is C13H25. The summed E-state index contributed by atoms with van der Waals surface area (Å²) in [6.45, 7) is 6.56. The molecular weight excluding hydrogens is 156 g/mol. The minimum absolute atomic E-state index is 0.773. The van der Waals surface area contributed by atoms with Crippen molar-refractivity contribution >= 4 is 0 Å². The predicted octanol–water partition coefficient (Wildman–Crippen LogP) is 4.60. The molecule has 1 aliphatic rings. The van der Waals surface area contributed by atoms with E-state index in [9.17, 15) is 0 Å². The highest BCUT2D eigenvalue weighted by Gasteiger charge is 2.20. The van der Waals surface area contributed by atoms with Crippen molar-refractivity contribution in [2.45, 2.75) is 64.7 Å². The Balaban J connectivity index is 2.05. The molecule has 1 fully saturated rings. The van der Waals surface area contributed by atoms with E-state index >= 15 is 0 Å². The molecule has 0 saturated heterocycles. The molecule has 0 aromatic heterocycles. The minimum Gasteiger partial charge on any atom is -0.0654 e. The summed E-state index contributed by atoms with van der Waals surface area (Å²) < 4.78 is 0. The van der Waals surface area contributed by atoms with Crippen molar-refractivity contribution in [2.24, 2.45) is 11.8 Å². The second-order valence-electron chi connectivity index (χ2n) is 4.65. The van der Waals surface area contributed by atoms with E-state index < -0.39 is 0 Å². The monoisotopic (exact) mass is 181 g/mol. The van der Waals surface area contributed by atoms with Gasteiger partial charge in [0.1, 0.15) is 0 Å². The van der Waals surface area contributed by atoms with Gasteiger partial charge in [-0.2, -0.15) is 0 Å². The highest BCUT2D eigenvalue weighted by molar-refractivity contribution is 4.76. The SMILES string of the molecule is [CH2]C1CCCCC1CCCCCC. The molecule has 0 nitrogen and oxygen atoms in total. The summed E-state index contributed by atoms with van der Waals surface area (Å²) in [5.41, 5.74) is 0. The third-order valence-electron chi connectivity index (χ3n) is 3.49. The summed E-state index contributed by atoms with van der Waals surface area (Å²) in [5.74, 6) is 1.74. The Hall–Kier alpha value is 0. The van der Waals surface area contributed by atoms with Crippen LogP contribution in [0.4, 0.5) is 0 Å². The highest BCUT2D eigenvalue weighted by Crippen LogP contribution is 2.32. The molecule has 0 aromatic carbocycles. The number of hydrogen-bond acceptors (Lipinski definition) is 0. The third-order valence-corrected chi connectivity index (χ3v) is 3.49. The summed E-state index contributed by atoms with van der Waals surface area (Å²) in [6.07, 6.45) is 12.9. The van der Waals surface area contributed by atoms with Gasteiger partial charge in [0.05, 0.1) is 0 Å². The molecule has 0 heteroatoms. The van der Waals surface area contributed by atoms with Gasteiger partial charge in [0.25, 0.3) is 0 Å². The van der Waals surface area contributed by atoms with Crippen LogP contribution in [0.25, 0.3) is 0 Å². The zero-order valence-corrected chi connectivity index (χ0v) is 9.23. The minimum atomic E-state index is 0.773. The number of hydrogen-bond donors (Lipinski definition) is 0. The quantitative estimate of drug-likeness (QED) is 0.544. The molecule has 77 valence electrons. The van der Waals surface area contributed by atoms with E-state index in [-0.39, 0.29) is 0 Å². The lowest BCUT2D eigenvalue weighted by Crippen LogP contribution is -2.16. The van der Waals surface area contributed by atoms with Gasteiger partial charge in [0, 0.05) is 0 Å². The van der Waals surface area contributed by atoms with Gasteiger partial charge in [0.2, 0.25) is 0 Å². The van der Waals surface area contributed by atoms with Crippen LogP contribution in [0.15, 0.2) is 0 Å². The molecule has 1 aliphatic carbocycles. The molecule has 0 aromatic rings. The highest BCUT2D eigenvalue weighted by atomic mass is 14.3. The molecule has 1 radical (unpaired) electrons. The van der Waals surface area contributed by atoms with Crippen molar-refractivity contribution in [2.75, 3.05) is 0 Å². The zero-order chi connectivity index (χ0) is 9.52. The number of rotatable bonds is 5. The lowest BCUT2D eigenvalue weighted by Gasteiger charge is -2.28. The maximum absolute atomic E-state index is 4.28. The standard InChI is InChI=1S/C13H25/c1-3-4-5-6-10-13-11-8-7-9-12(13)2/h12-13H,2-11H2,1H3. The van der Waals surface area contributed by atoms with Gasteiger partial charge in [-0.05, 0) is 18.8 Å². The maximum Gasteiger partial charge on any atom is -0.0386 e. The normalized spacial score (nSPS) is 29.1. The molecule has 0 bridgehead atoms. The molecule has 1 saturated carbocycles. The summed E-state index contributed by atoms with van der Waals surface area (Å²) in [7, 11) is 0.